The molecular formula is C64H95N9O18S. The number of hydrogen-bond donors (Lipinski definition) is 6. The van der Waals surface area contributed by atoms with Crippen molar-refractivity contribution in [1.29, 1.82) is 0 Å². The van der Waals surface area contributed by atoms with E-state index in [0.717, 1.165) is 28.0 Å². The van der Waals surface area contributed by atoms with Gasteiger partial charge in [0.2, 0.25) is 41.4 Å². The van der Waals surface area contributed by atoms with Gasteiger partial charge in [-0.25, -0.2) is 4.79 Å². The zero-order valence-electron chi connectivity index (χ0n) is 55.5. The molecule has 11 atom stereocenters. The summed E-state index contributed by atoms with van der Waals surface area (Å²) in [5, 5.41) is 13.3. The Morgan fingerprint density at radius 1 is 0.717 bits per heavy atom. The van der Waals surface area contributed by atoms with Gasteiger partial charge in [-0.05, 0) is 62.5 Å². The first-order chi connectivity index (χ1) is 43.2. The van der Waals surface area contributed by atoms with Crippen LogP contribution >= 0.6 is 0 Å². The number of carbonyl (C=O) groups is 11. The summed E-state index contributed by atoms with van der Waals surface area (Å²) in [5.74, 6) is -7.67. The maximum absolute atomic E-state index is 14.8. The van der Waals surface area contributed by atoms with Gasteiger partial charge in [-0.15, -0.1) is 0 Å². The third-order valence-electron chi connectivity index (χ3n) is 16.7. The second kappa shape index (κ2) is 35.4. The summed E-state index contributed by atoms with van der Waals surface area (Å²) in [4.78, 5) is 151. The second-order valence-electron chi connectivity index (χ2n) is 24.5. The van der Waals surface area contributed by atoms with Gasteiger partial charge >= 0.3 is 6.09 Å². The van der Waals surface area contributed by atoms with Crippen LogP contribution < -0.4 is 26.6 Å². The molecule has 0 bridgehead atoms. The summed E-state index contributed by atoms with van der Waals surface area (Å²) in [5.41, 5.74) is 0.108. The molecule has 1 fully saturated rings. The molecule has 0 spiro atoms. The van der Waals surface area contributed by atoms with Gasteiger partial charge < -0.3 is 55.3 Å². The fourth-order valence-corrected chi connectivity index (χ4v) is 12.0. The average molecular weight is 1310 g/mol. The molecule has 27 nitrogen and oxygen atoms in total. The number of ketones is 1. The van der Waals surface area contributed by atoms with Gasteiger partial charge in [0.25, 0.3) is 21.9 Å². The van der Waals surface area contributed by atoms with Gasteiger partial charge in [0.15, 0.2) is 5.78 Å². The Morgan fingerprint density at radius 2 is 1.34 bits per heavy atom. The van der Waals surface area contributed by atoms with Gasteiger partial charge in [-0.3, -0.25) is 62.3 Å². The third kappa shape index (κ3) is 20.9. The number of hydrogen-bond acceptors (Lipinski definition) is 17. The minimum Gasteiger partial charge on any atom is -0.444 e. The first-order valence-electron chi connectivity index (χ1n) is 31.0. The highest BCUT2D eigenvalue weighted by molar-refractivity contribution is 7.85. The van der Waals surface area contributed by atoms with E-state index >= 15 is 0 Å². The SMILES string of the molecule is CCC(C)C(C(CC(=O)N1CCCC1C(OC)C(C)C(=O)NC(C)C(=O)c1ccccc1)OC)N(C)C(=O)[C@@H](NC(=O)C(C(C)C)N(C)C(=O)OCc1ccc(NC(=O)[C@H](C)NC(=O)C(NC(=O)CCOCCN2C(=O)C=CC2=O)C(C)C)cc1S(=O)(=O)O)C(C)C. The fraction of sp³-hybridized carbons (Fsp3) is 0.609. The lowest BCUT2D eigenvalue weighted by atomic mass is 9.89. The molecule has 0 aromatic heterocycles. The monoisotopic (exact) mass is 1310 g/mol. The molecule has 0 saturated carbocycles. The van der Waals surface area contributed by atoms with Crippen molar-refractivity contribution in [2.45, 2.75) is 174 Å². The highest BCUT2D eigenvalue weighted by atomic mass is 32.2. The van der Waals surface area contributed by atoms with Crippen LogP contribution in [-0.4, -0.2) is 207 Å². The van der Waals surface area contributed by atoms with Crippen LogP contribution in [0.2, 0.25) is 0 Å². The van der Waals surface area contributed by atoms with Gasteiger partial charge in [0.1, 0.15) is 35.7 Å². The molecule has 9 unspecified atom stereocenters. The van der Waals surface area contributed by atoms with E-state index in [4.69, 9.17) is 18.9 Å². The van der Waals surface area contributed by atoms with Gasteiger partial charge in [-0.2, -0.15) is 8.42 Å². The summed E-state index contributed by atoms with van der Waals surface area (Å²) in [6, 6.07) is 5.25. The molecule has 2 heterocycles. The van der Waals surface area contributed by atoms with E-state index in [1.165, 1.54) is 45.2 Å². The number of likely N-dealkylation sites (N-methyl/N-ethyl adjacent to an activating group) is 2. The molecule has 4 rings (SSSR count). The minimum absolute atomic E-state index is 0.00458. The topological polar surface area (TPSA) is 352 Å². The predicted molar refractivity (Wildman–Crippen MR) is 338 cm³/mol. The lowest BCUT2D eigenvalue weighted by molar-refractivity contribution is -0.148. The molecule has 6 N–H and O–H groups in total. The number of likely N-dealkylation sites (tertiary alicyclic amines) is 1. The summed E-state index contributed by atoms with van der Waals surface area (Å²) in [6.45, 7) is 18.2. The van der Waals surface area contributed by atoms with E-state index in [2.05, 4.69) is 26.6 Å². The molecule has 510 valence electrons. The molecule has 2 aliphatic heterocycles. The van der Waals surface area contributed by atoms with E-state index in [0.29, 0.717) is 31.4 Å². The van der Waals surface area contributed by atoms with Crippen molar-refractivity contribution >= 4 is 80.8 Å². The number of benzene rings is 2. The quantitative estimate of drug-likeness (QED) is 0.0247. The Balaban J connectivity index is 1.39. The number of methoxy groups -OCH3 is 2. The fourth-order valence-electron chi connectivity index (χ4n) is 11.3. The molecule has 2 aromatic rings. The number of ether oxygens (including phenoxy) is 4. The number of rotatable bonds is 35. The average Bonchev–Trinajstić information content (AvgIpc) is 1.17. The summed E-state index contributed by atoms with van der Waals surface area (Å²) < 4.78 is 58.6. The van der Waals surface area contributed by atoms with Crippen LogP contribution in [0.1, 0.15) is 124 Å². The molecule has 1 saturated heterocycles. The summed E-state index contributed by atoms with van der Waals surface area (Å²) >= 11 is 0. The third-order valence-corrected chi connectivity index (χ3v) is 17.7. The van der Waals surface area contributed by atoms with Crippen molar-refractivity contribution in [3.05, 3.63) is 71.8 Å². The Labute approximate surface area is 539 Å². The number of carbonyl (C=O) groups excluding carboxylic acids is 11. The number of nitrogens with zero attached hydrogens (tertiary/aromatic N) is 4. The molecular weight excluding hydrogens is 1210 g/mol. The Bertz CT molecular complexity index is 3070. The number of nitrogens with one attached hydrogen (secondary N) is 5. The zero-order chi connectivity index (χ0) is 69.1. The highest BCUT2D eigenvalue weighted by Gasteiger charge is 2.44. The first-order valence-corrected chi connectivity index (χ1v) is 32.5. The zero-order valence-corrected chi connectivity index (χ0v) is 56.3. The van der Waals surface area contributed by atoms with E-state index in [9.17, 15) is 65.7 Å². The molecule has 0 radical (unpaired) electrons. The Kier molecular flexibility index (Phi) is 29.5. The maximum atomic E-state index is 14.8. The van der Waals surface area contributed by atoms with Crippen LogP contribution in [-0.2, 0) is 78.8 Å². The van der Waals surface area contributed by atoms with Gasteiger partial charge in [0.05, 0.1) is 62.4 Å². The van der Waals surface area contributed by atoms with E-state index in [1.807, 2.05) is 13.8 Å². The maximum Gasteiger partial charge on any atom is 0.410 e. The van der Waals surface area contributed by atoms with Crippen molar-refractivity contribution in [3.8, 4) is 0 Å². The second-order valence-corrected chi connectivity index (χ2v) is 25.9. The van der Waals surface area contributed by atoms with Crippen LogP contribution in [0.5, 0.6) is 0 Å². The smallest absolute Gasteiger partial charge is 0.410 e. The molecule has 2 aliphatic rings. The van der Waals surface area contributed by atoms with E-state index in [1.54, 1.807) is 97.7 Å². The number of anilines is 1. The van der Waals surface area contributed by atoms with Crippen molar-refractivity contribution in [2.75, 3.05) is 59.9 Å². The largest absolute Gasteiger partial charge is 0.444 e. The normalized spacial score (nSPS) is 17.4. The first kappa shape index (κ1) is 76.8. The molecule has 0 aliphatic carbocycles. The van der Waals surface area contributed by atoms with E-state index < -0.39 is 153 Å². The van der Waals surface area contributed by atoms with Gasteiger partial charge in [0, 0.05) is 70.2 Å². The van der Waals surface area contributed by atoms with Crippen LogP contribution in [0.15, 0.2) is 65.6 Å². The van der Waals surface area contributed by atoms with Crippen LogP contribution in [0, 0.1) is 29.6 Å². The minimum atomic E-state index is -5.04. The molecule has 92 heavy (non-hydrogen) atoms. The highest BCUT2D eigenvalue weighted by Crippen LogP contribution is 2.31. The molecule has 28 heteroatoms. The predicted octanol–water partition coefficient (Wildman–Crippen LogP) is 3.89. The lowest BCUT2D eigenvalue weighted by Gasteiger charge is -2.41. The standard InChI is InChI=1S/C64H95N9O18S/c1-16-39(8)56(47(88-14)34-52(77)72-29-20-23-46(72)58(89-15)40(9)59(79)65-41(10)57(78)43-21-18-17-19-22-43)70(12)63(83)54(37(4)5)69-62(82)55(38(6)7)71(13)64(84)91-35-44-24-25-45(33-48(44)92(85,86)87)67-60(80)42(11)66-61(81)53(36(2)3)68-49(74)28-31-90-32-30-73-50(75)26-27-51(73)76/h17-19,21-22,24-27,33,36-42,46-47,53-56,58H,16,20,23,28-32,34-35H2,1-15H3,(H,65,79)(H,66,81)(H,67,80)(H,68,74)(H,69,82)(H,85,86,87)/t39?,40?,41?,42-,46?,47?,53?,54-,55?,56?,58?/m0/s1. The van der Waals surface area contributed by atoms with Crippen molar-refractivity contribution in [2.24, 2.45) is 29.6 Å². The number of amides is 10. The van der Waals surface area contributed by atoms with E-state index in [-0.39, 0.29) is 61.5 Å². The van der Waals surface area contributed by atoms with Crippen molar-refractivity contribution in [3.63, 3.8) is 0 Å². The lowest BCUT2D eigenvalue weighted by Crippen LogP contribution is -2.60. The molecule has 2 aromatic carbocycles. The van der Waals surface area contributed by atoms with Crippen molar-refractivity contribution in [1.82, 2.24) is 40.9 Å². The molecule has 10 amide bonds. The summed E-state index contributed by atoms with van der Waals surface area (Å²) in [7, 11) is 0.759. The van der Waals surface area contributed by atoms with Crippen molar-refractivity contribution < 1.29 is 84.7 Å². The summed E-state index contributed by atoms with van der Waals surface area (Å²) in [6.07, 6.45) is 1.10. The number of Topliss-reactive ketones (excluding diaryl/α,β-unsaturated/α-hetero) is 1. The van der Waals surface area contributed by atoms with Crippen LogP contribution in [0.4, 0.5) is 10.5 Å². The van der Waals surface area contributed by atoms with Gasteiger partial charge in [-0.1, -0.05) is 105 Å². The van der Waals surface area contributed by atoms with Crippen LogP contribution in [0.25, 0.3) is 0 Å². The Morgan fingerprint density at radius 3 is 1.90 bits per heavy atom. The number of imide groups is 1. The van der Waals surface area contributed by atoms with Crippen LogP contribution in [0.3, 0.4) is 0 Å². The Hall–Kier alpha value is -7.66.